The Morgan fingerprint density at radius 1 is 1.04 bits per heavy atom. The normalized spacial score (nSPS) is 16.7. The van der Waals surface area contributed by atoms with E-state index >= 15 is 0 Å². The molecule has 1 aromatic carbocycles. The Balaban J connectivity index is 2.05. The molecule has 1 aromatic rings. The van der Waals surface area contributed by atoms with Crippen molar-refractivity contribution < 1.29 is 26.4 Å². The minimum atomic E-state index is -4.28. The van der Waals surface area contributed by atoms with Crippen molar-refractivity contribution in [3.05, 3.63) is 29.6 Å². The third-order valence-corrected chi connectivity index (χ3v) is 6.34. The van der Waals surface area contributed by atoms with Gasteiger partial charge in [0.2, 0.25) is 15.9 Å². The number of hydrogen-bond acceptors (Lipinski definition) is 4. The fraction of sp³-hybridized carbons (Fsp3) is 0.562. The topological polar surface area (TPSA) is 60.9 Å². The molecule has 0 bridgehead atoms. The molecule has 1 aliphatic rings. The fourth-order valence-electron chi connectivity index (χ4n) is 2.84. The van der Waals surface area contributed by atoms with Gasteiger partial charge in [0.15, 0.2) is 17.5 Å². The predicted octanol–water partition coefficient (Wildman–Crippen LogP) is 1.28. The molecule has 0 unspecified atom stereocenters. The Morgan fingerprint density at radius 2 is 1.62 bits per heavy atom. The number of sulfonamides is 1. The number of nitrogens with zero attached hydrogens (tertiary/aromatic N) is 3. The third-order valence-electron chi connectivity index (χ3n) is 4.42. The quantitative estimate of drug-likeness (QED) is 0.683. The Bertz CT molecular complexity index is 761. The highest BCUT2D eigenvalue weighted by Crippen LogP contribution is 2.24. The molecule has 1 aliphatic heterocycles. The highest BCUT2D eigenvalue weighted by Gasteiger charge is 2.33. The van der Waals surface area contributed by atoms with Crippen LogP contribution >= 0.6 is 0 Å². The van der Waals surface area contributed by atoms with Gasteiger partial charge in [-0.05, 0) is 26.0 Å². The second-order valence-electron chi connectivity index (χ2n) is 5.92. The monoisotopic (exact) mass is 393 g/mol. The van der Waals surface area contributed by atoms with E-state index in [1.165, 1.54) is 0 Å². The summed E-state index contributed by atoms with van der Waals surface area (Å²) in [5.74, 6) is -5.02. The van der Waals surface area contributed by atoms with Crippen LogP contribution in [0.25, 0.3) is 0 Å². The van der Waals surface area contributed by atoms with E-state index in [4.69, 9.17) is 0 Å². The molecule has 0 spiro atoms. The van der Waals surface area contributed by atoms with E-state index in [1.54, 1.807) is 4.90 Å². The number of rotatable bonds is 6. The lowest BCUT2D eigenvalue weighted by Gasteiger charge is -2.34. The number of piperazine rings is 1. The number of carbonyl (C=O) groups excluding carboxylic acids is 1. The van der Waals surface area contributed by atoms with Crippen LogP contribution in [0.15, 0.2) is 17.0 Å². The standard InChI is InChI=1S/C16H22F3N3O3S/c1-3-21(4-2)14(23)11-20-7-9-22(10-8-20)26(24,25)13-6-5-12(17)15(18)16(13)19/h5-6H,3-4,7-11H2,1-2H3. The maximum absolute atomic E-state index is 13.8. The highest BCUT2D eigenvalue weighted by molar-refractivity contribution is 7.89. The second-order valence-corrected chi connectivity index (χ2v) is 7.83. The van der Waals surface area contributed by atoms with Gasteiger partial charge in [0.25, 0.3) is 0 Å². The van der Waals surface area contributed by atoms with Gasteiger partial charge in [0, 0.05) is 39.3 Å². The maximum atomic E-state index is 13.8. The lowest BCUT2D eigenvalue weighted by molar-refractivity contribution is -0.132. The Kier molecular flexibility index (Phi) is 6.64. The summed E-state index contributed by atoms with van der Waals surface area (Å²) in [6.07, 6.45) is 0. The third kappa shape index (κ3) is 4.18. The van der Waals surface area contributed by atoms with Gasteiger partial charge in [0.1, 0.15) is 4.90 Å². The highest BCUT2D eigenvalue weighted by atomic mass is 32.2. The number of amides is 1. The van der Waals surface area contributed by atoms with Crippen LogP contribution in [0, 0.1) is 17.5 Å². The number of halogens is 3. The van der Waals surface area contributed by atoms with Gasteiger partial charge in [-0.1, -0.05) is 0 Å². The molecule has 0 saturated carbocycles. The summed E-state index contributed by atoms with van der Waals surface area (Å²) >= 11 is 0. The van der Waals surface area contributed by atoms with E-state index in [0.29, 0.717) is 19.2 Å². The van der Waals surface area contributed by atoms with Gasteiger partial charge in [-0.3, -0.25) is 9.69 Å². The molecule has 0 N–H and O–H groups in total. The van der Waals surface area contributed by atoms with Crippen LogP contribution in [-0.4, -0.2) is 74.2 Å². The first-order valence-electron chi connectivity index (χ1n) is 8.36. The average Bonchev–Trinajstić information content (AvgIpc) is 2.61. The minimum absolute atomic E-state index is 0.0340. The molecule has 0 aromatic heterocycles. The van der Waals surface area contributed by atoms with Gasteiger partial charge in [-0.25, -0.2) is 21.6 Å². The summed E-state index contributed by atoms with van der Waals surface area (Å²) in [6, 6.07) is 1.31. The van der Waals surface area contributed by atoms with E-state index < -0.39 is 32.4 Å². The molecule has 0 aliphatic carbocycles. The predicted molar refractivity (Wildman–Crippen MR) is 89.4 cm³/mol. The van der Waals surface area contributed by atoms with Crippen LogP contribution in [0.2, 0.25) is 0 Å². The van der Waals surface area contributed by atoms with Crippen molar-refractivity contribution in [1.29, 1.82) is 0 Å². The van der Waals surface area contributed by atoms with E-state index in [1.807, 2.05) is 18.7 Å². The zero-order chi connectivity index (χ0) is 19.5. The molecule has 0 radical (unpaired) electrons. The van der Waals surface area contributed by atoms with Gasteiger partial charge in [-0.2, -0.15) is 4.31 Å². The first-order valence-corrected chi connectivity index (χ1v) is 9.80. The van der Waals surface area contributed by atoms with Crippen molar-refractivity contribution in [2.75, 3.05) is 45.8 Å². The van der Waals surface area contributed by atoms with Crippen LogP contribution in [0.3, 0.4) is 0 Å². The number of hydrogen-bond donors (Lipinski definition) is 0. The second kappa shape index (κ2) is 8.36. The van der Waals surface area contributed by atoms with Crippen molar-refractivity contribution in [3.63, 3.8) is 0 Å². The molecular formula is C16H22F3N3O3S. The average molecular weight is 393 g/mol. The molecule has 1 saturated heterocycles. The Hall–Kier alpha value is -1.65. The van der Waals surface area contributed by atoms with Gasteiger partial charge >= 0.3 is 0 Å². The lowest BCUT2D eigenvalue weighted by atomic mass is 10.3. The van der Waals surface area contributed by atoms with E-state index in [2.05, 4.69) is 0 Å². The summed E-state index contributed by atoms with van der Waals surface area (Å²) < 4.78 is 66.2. The van der Waals surface area contributed by atoms with Crippen LogP contribution in [0.1, 0.15) is 13.8 Å². The summed E-state index contributed by atoms with van der Waals surface area (Å²) in [5, 5.41) is 0. The molecule has 1 fully saturated rings. The molecule has 1 amide bonds. The van der Waals surface area contributed by atoms with Crippen LogP contribution < -0.4 is 0 Å². The molecular weight excluding hydrogens is 371 g/mol. The summed E-state index contributed by atoms with van der Waals surface area (Å²) in [6.45, 7) is 5.77. The smallest absolute Gasteiger partial charge is 0.246 e. The molecule has 1 heterocycles. The summed E-state index contributed by atoms with van der Waals surface area (Å²) in [5.41, 5.74) is 0. The zero-order valence-corrected chi connectivity index (χ0v) is 15.5. The molecule has 26 heavy (non-hydrogen) atoms. The van der Waals surface area contributed by atoms with Gasteiger partial charge in [-0.15, -0.1) is 0 Å². The van der Waals surface area contributed by atoms with E-state index in [-0.39, 0.29) is 38.6 Å². The van der Waals surface area contributed by atoms with Crippen molar-refractivity contribution in [1.82, 2.24) is 14.1 Å². The fourth-order valence-corrected chi connectivity index (χ4v) is 4.32. The van der Waals surface area contributed by atoms with Crippen molar-refractivity contribution in [3.8, 4) is 0 Å². The SMILES string of the molecule is CCN(CC)C(=O)CN1CCN(S(=O)(=O)c2ccc(F)c(F)c2F)CC1. The molecule has 0 atom stereocenters. The van der Waals surface area contributed by atoms with Crippen LogP contribution in [0.5, 0.6) is 0 Å². The first kappa shape index (κ1) is 20.7. The van der Waals surface area contributed by atoms with E-state index in [0.717, 1.165) is 10.4 Å². The zero-order valence-electron chi connectivity index (χ0n) is 14.7. The van der Waals surface area contributed by atoms with Crippen molar-refractivity contribution >= 4 is 15.9 Å². The first-order chi connectivity index (χ1) is 12.2. The van der Waals surface area contributed by atoms with Crippen LogP contribution in [-0.2, 0) is 14.8 Å². The molecule has 2 rings (SSSR count). The molecule has 6 nitrogen and oxygen atoms in total. The lowest BCUT2D eigenvalue weighted by Crippen LogP contribution is -2.51. The van der Waals surface area contributed by atoms with Gasteiger partial charge in [0.05, 0.1) is 6.54 Å². The number of likely N-dealkylation sites (N-methyl/N-ethyl adjacent to an activating group) is 1. The summed E-state index contributed by atoms with van der Waals surface area (Å²) in [7, 11) is -4.28. The van der Waals surface area contributed by atoms with Crippen molar-refractivity contribution in [2.24, 2.45) is 0 Å². The van der Waals surface area contributed by atoms with Crippen molar-refractivity contribution in [2.45, 2.75) is 18.7 Å². The largest absolute Gasteiger partial charge is 0.342 e. The minimum Gasteiger partial charge on any atom is -0.342 e. The Morgan fingerprint density at radius 3 is 2.15 bits per heavy atom. The Labute approximate surface area is 151 Å². The van der Waals surface area contributed by atoms with Crippen LogP contribution in [0.4, 0.5) is 13.2 Å². The number of carbonyl (C=O) groups is 1. The molecule has 146 valence electrons. The molecule has 10 heteroatoms. The maximum Gasteiger partial charge on any atom is 0.246 e. The van der Waals surface area contributed by atoms with Gasteiger partial charge < -0.3 is 4.90 Å². The summed E-state index contributed by atoms with van der Waals surface area (Å²) in [4.78, 5) is 14.7. The number of benzene rings is 1. The van der Waals surface area contributed by atoms with E-state index in [9.17, 15) is 26.4 Å².